The minimum Gasteiger partial charge on any atom is -0.466 e. The Labute approximate surface area is 89.2 Å². The lowest BCUT2D eigenvalue weighted by Crippen LogP contribution is -2.21. The summed E-state index contributed by atoms with van der Waals surface area (Å²) in [5.74, 6) is -0.569. The van der Waals surface area contributed by atoms with Crippen molar-refractivity contribution in [2.75, 3.05) is 7.11 Å². The molecule has 0 aromatic carbocycles. The summed E-state index contributed by atoms with van der Waals surface area (Å²) in [7, 11) is 1.25. The summed E-state index contributed by atoms with van der Waals surface area (Å²) in [4.78, 5) is 24.7. The van der Waals surface area contributed by atoms with Gasteiger partial charge in [0.1, 0.15) is 4.53 Å². The molecule has 15 heavy (non-hydrogen) atoms. The molecule has 0 radical (unpaired) electrons. The van der Waals surface area contributed by atoms with Crippen LogP contribution in [-0.4, -0.2) is 23.8 Å². The Hall–Kier alpha value is -1.69. The molecule has 2 N–H and O–H groups in total. The fraction of sp³-hybridized carbons (Fsp3) is 0.222. The number of rotatable bonds is 2. The second-order valence-electron chi connectivity index (χ2n) is 2.78. The van der Waals surface area contributed by atoms with Gasteiger partial charge >= 0.3 is 5.97 Å². The quantitative estimate of drug-likeness (QED) is 0.512. The van der Waals surface area contributed by atoms with Crippen molar-refractivity contribution in [3.63, 3.8) is 0 Å². The van der Waals surface area contributed by atoms with Gasteiger partial charge in [-0.1, -0.05) is 0 Å². The van der Waals surface area contributed by atoms with Crippen molar-refractivity contribution in [1.29, 1.82) is 5.41 Å². The van der Waals surface area contributed by atoms with Crippen molar-refractivity contribution >= 4 is 35.2 Å². The molecule has 6 heteroatoms. The number of methoxy groups -OCH3 is 1. The molecule has 0 saturated heterocycles. The topological polar surface area (TPSA) is 83.0 Å². The first-order valence-corrected chi connectivity index (χ1v) is 4.90. The number of nitrogens with one attached hydrogen (secondary N) is 2. The molecular weight excluding hydrogens is 216 g/mol. The Balaban J connectivity index is 3.30. The Morgan fingerprint density at radius 1 is 1.53 bits per heavy atom. The molecular formula is C9H10N2O3S. The van der Waals surface area contributed by atoms with Gasteiger partial charge in [0.15, 0.2) is 0 Å². The van der Waals surface area contributed by atoms with Crippen LogP contribution in [0.4, 0.5) is 0 Å². The first-order chi connectivity index (χ1) is 7.02. The van der Waals surface area contributed by atoms with Crippen LogP contribution >= 0.6 is 11.3 Å². The van der Waals surface area contributed by atoms with Crippen LogP contribution in [0.25, 0.3) is 12.2 Å². The summed E-state index contributed by atoms with van der Waals surface area (Å²) in [5.41, 5.74) is -0.0185. The Morgan fingerprint density at radius 2 is 2.20 bits per heavy atom. The fourth-order valence-electron chi connectivity index (χ4n) is 0.887. The zero-order valence-corrected chi connectivity index (χ0v) is 9.10. The predicted molar refractivity (Wildman–Crippen MR) is 58.5 cm³/mol. The second-order valence-corrected chi connectivity index (χ2v) is 3.86. The van der Waals surface area contributed by atoms with Crippen molar-refractivity contribution in [2.24, 2.45) is 0 Å². The highest BCUT2D eigenvalue weighted by atomic mass is 32.1. The van der Waals surface area contributed by atoms with Gasteiger partial charge in [-0.2, -0.15) is 0 Å². The molecule has 0 aliphatic heterocycles. The lowest BCUT2D eigenvalue weighted by atomic mass is 10.4. The van der Waals surface area contributed by atoms with E-state index in [0.29, 0.717) is 10.4 Å². The highest BCUT2D eigenvalue weighted by molar-refractivity contribution is 7.07. The van der Waals surface area contributed by atoms with E-state index in [2.05, 4.69) is 9.72 Å². The highest BCUT2D eigenvalue weighted by Gasteiger charge is 1.98. The van der Waals surface area contributed by atoms with Gasteiger partial charge in [-0.15, -0.1) is 11.3 Å². The van der Waals surface area contributed by atoms with Crippen molar-refractivity contribution in [1.82, 2.24) is 4.98 Å². The molecule has 0 amide bonds. The van der Waals surface area contributed by atoms with E-state index in [9.17, 15) is 9.59 Å². The summed E-state index contributed by atoms with van der Waals surface area (Å²) in [6.45, 7) is 1.60. The van der Waals surface area contributed by atoms with Gasteiger partial charge in [-0.3, -0.25) is 4.79 Å². The molecule has 0 aliphatic carbocycles. The van der Waals surface area contributed by atoms with Crippen molar-refractivity contribution in [2.45, 2.75) is 6.92 Å². The number of esters is 1. The van der Waals surface area contributed by atoms with Gasteiger partial charge in [-0.05, 0) is 13.0 Å². The van der Waals surface area contributed by atoms with Gasteiger partial charge in [0.2, 0.25) is 0 Å². The predicted octanol–water partition coefficient (Wildman–Crippen LogP) is -0.790. The molecule has 1 heterocycles. The SMILES string of the molecule is COC(=O)/C=c1/s/c(=C\C(C)=N)[nH]c1=O. The van der Waals surface area contributed by atoms with E-state index in [4.69, 9.17) is 5.41 Å². The number of hydrogen-bond donors (Lipinski definition) is 2. The third-order valence-electron chi connectivity index (χ3n) is 1.48. The average Bonchev–Trinajstić information content (AvgIpc) is 2.45. The van der Waals surface area contributed by atoms with Crippen LogP contribution in [0.15, 0.2) is 4.79 Å². The Kier molecular flexibility index (Phi) is 3.56. The standard InChI is InChI=1S/C9H10N2O3S/c1-5(10)3-7-11-9(13)6(15-7)4-8(12)14-2/h3-4,10H,1-2H3,(H,11,13)/b6-4+,7-3-,10-5?. The summed E-state index contributed by atoms with van der Waals surface area (Å²) in [5, 5.41) is 7.22. The van der Waals surface area contributed by atoms with E-state index in [1.165, 1.54) is 13.2 Å². The molecule has 5 nitrogen and oxygen atoms in total. The second kappa shape index (κ2) is 4.70. The van der Waals surface area contributed by atoms with Crippen LogP contribution in [0, 0.1) is 5.41 Å². The summed E-state index contributed by atoms with van der Waals surface area (Å²) >= 11 is 1.11. The lowest BCUT2D eigenvalue weighted by molar-refractivity contribution is -0.133. The number of ether oxygens (including phenoxy) is 1. The Morgan fingerprint density at radius 3 is 2.73 bits per heavy atom. The van der Waals surface area contributed by atoms with Crippen LogP contribution in [0.3, 0.4) is 0 Å². The van der Waals surface area contributed by atoms with Crippen molar-refractivity contribution in [3.05, 3.63) is 19.5 Å². The molecule has 0 unspecified atom stereocenters. The smallest absolute Gasteiger partial charge is 0.332 e. The molecule has 0 fully saturated rings. The van der Waals surface area contributed by atoms with E-state index in [0.717, 1.165) is 17.4 Å². The average molecular weight is 226 g/mol. The van der Waals surface area contributed by atoms with Gasteiger partial charge < -0.3 is 15.1 Å². The van der Waals surface area contributed by atoms with Crippen molar-refractivity contribution < 1.29 is 9.53 Å². The van der Waals surface area contributed by atoms with Gasteiger partial charge in [-0.25, -0.2) is 4.79 Å². The number of carbonyl (C=O) groups is 1. The molecule has 80 valence electrons. The van der Waals surface area contributed by atoms with E-state index < -0.39 is 5.97 Å². The molecule has 0 bridgehead atoms. The zero-order valence-electron chi connectivity index (χ0n) is 8.29. The maximum Gasteiger partial charge on any atom is 0.332 e. The van der Waals surface area contributed by atoms with E-state index in [1.807, 2.05) is 0 Å². The third-order valence-corrected chi connectivity index (χ3v) is 2.44. The Bertz CT molecular complexity index is 553. The van der Waals surface area contributed by atoms with Gasteiger partial charge in [0.05, 0.1) is 11.8 Å². The van der Waals surface area contributed by atoms with E-state index in [-0.39, 0.29) is 10.1 Å². The van der Waals surface area contributed by atoms with Crippen LogP contribution in [0.5, 0.6) is 0 Å². The maximum absolute atomic E-state index is 11.3. The van der Waals surface area contributed by atoms with Crippen LogP contribution in [0.2, 0.25) is 0 Å². The number of aromatic nitrogens is 1. The molecule has 1 aromatic rings. The maximum atomic E-state index is 11.3. The van der Waals surface area contributed by atoms with Crippen LogP contribution in [0.1, 0.15) is 6.92 Å². The number of carbonyl (C=O) groups excluding carboxylic acids is 1. The molecule has 0 atom stereocenters. The number of thiazole rings is 1. The lowest BCUT2D eigenvalue weighted by Gasteiger charge is -1.85. The highest BCUT2D eigenvalue weighted by Crippen LogP contribution is 1.77. The molecule has 1 aromatic heterocycles. The molecule has 0 saturated carbocycles. The first kappa shape index (κ1) is 11.4. The summed E-state index contributed by atoms with van der Waals surface area (Å²) < 4.78 is 5.22. The monoisotopic (exact) mass is 226 g/mol. The molecule has 0 aliphatic rings. The largest absolute Gasteiger partial charge is 0.466 e. The minimum absolute atomic E-state index is 0.273. The normalized spacial score (nSPS) is 12.9. The molecule has 0 spiro atoms. The van der Waals surface area contributed by atoms with Gasteiger partial charge in [0.25, 0.3) is 5.56 Å². The molecule has 1 rings (SSSR count). The third kappa shape index (κ3) is 3.17. The number of hydrogen-bond acceptors (Lipinski definition) is 5. The van der Waals surface area contributed by atoms with E-state index in [1.54, 1.807) is 6.92 Å². The minimum atomic E-state index is -0.569. The fourth-order valence-corrected chi connectivity index (χ4v) is 1.80. The van der Waals surface area contributed by atoms with Crippen LogP contribution in [-0.2, 0) is 9.53 Å². The summed E-state index contributed by atoms with van der Waals surface area (Å²) in [6.07, 6.45) is 2.64. The van der Waals surface area contributed by atoms with Gasteiger partial charge in [0, 0.05) is 11.8 Å². The number of aromatic amines is 1. The summed E-state index contributed by atoms with van der Waals surface area (Å²) in [6, 6.07) is 0. The van der Waals surface area contributed by atoms with Crippen molar-refractivity contribution in [3.8, 4) is 0 Å². The number of H-pyrrole nitrogens is 1. The van der Waals surface area contributed by atoms with Crippen LogP contribution < -0.4 is 14.8 Å². The zero-order chi connectivity index (χ0) is 11.4. The first-order valence-electron chi connectivity index (χ1n) is 4.08. The van der Waals surface area contributed by atoms with E-state index >= 15 is 0 Å².